The van der Waals surface area contributed by atoms with Crippen LogP contribution in [0.15, 0.2) is 36.4 Å². The molecule has 0 aromatic heterocycles. The van der Waals surface area contributed by atoms with Crippen molar-refractivity contribution in [2.45, 2.75) is 46.1 Å². The van der Waals surface area contributed by atoms with Crippen molar-refractivity contribution in [3.05, 3.63) is 63.7 Å². The van der Waals surface area contributed by atoms with E-state index in [2.05, 4.69) is 36.6 Å². The number of hydrogen-bond acceptors (Lipinski definition) is 3. The topological polar surface area (TPSA) is 61.4 Å². The van der Waals surface area contributed by atoms with E-state index < -0.39 is 0 Å². The first kappa shape index (κ1) is 22.2. The van der Waals surface area contributed by atoms with Gasteiger partial charge < -0.3 is 15.5 Å². The van der Waals surface area contributed by atoms with E-state index in [9.17, 15) is 9.59 Å². The van der Waals surface area contributed by atoms with Gasteiger partial charge in [-0.05, 0) is 74.9 Å². The van der Waals surface area contributed by atoms with Crippen LogP contribution in [0.25, 0.3) is 0 Å². The Kier molecular flexibility index (Phi) is 7.38. The smallest absolute Gasteiger partial charge is 0.255 e. The van der Waals surface area contributed by atoms with Crippen molar-refractivity contribution in [1.29, 1.82) is 0 Å². The van der Waals surface area contributed by atoms with Crippen LogP contribution in [-0.4, -0.2) is 36.3 Å². The van der Waals surface area contributed by atoms with E-state index in [1.807, 2.05) is 17.9 Å². The average molecular weight is 428 g/mol. The maximum atomic E-state index is 12.9. The molecular formula is C24H30ClN3O2. The highest BCUT2D eigenvalue weighted by Crippen LogP contribution is 2.24. The second-order valence-corrected chi connectivity index (χ2v) is 8.47. The first-order chi connectivity index (χ1) is 14.3. The summed E-state index contributed by atoms with van der Waals surface area (Å²) in [6.07, 6.45) is 3.22. The third-order valence-electron chi connectivity index (χ3n) is 5.70. The Hall–Kier alpha value is -2.53. The van der Waals surface area contributed by atoms with Gasteiger partial charge in [0.1, 0.15) is 0 Å². The fourth-order valence-electron chi connectivity index (χ4n) is 3.70. The molecule has 1 fully saturated rings. The molecule has 2 N–H and O–H groups in total. The van der Waals surface area contributed by atoms with Crippen LogP contribution in [-0.2, 0) is 4.79 Å². The van der Waals surface area contributed by atoms with E-state index >= 15 is 0 Å². The van der Waals surface area contributed by atoms with Gasteiger partial charge in [-0.3, -0.25) is 9.59 Å². The first-order valence-electron chi connectivity index (χ1n) is 10.5. The molecule has 3 rings (SSSR count). The third-order valence-corrected chi connectivity index (χ3v) is 5.94. The molecule has 0 saturated carbocycles. The second kappa shape index (κ2) is 9.98. The molecule has 1 aliphatic rings. The number of anilines is 1. The van der Waals surface area contributed by atoms with Crippen LogP contribution in [0.1, 0.15) is 59.3 Å². The number of carbonyl (C=O) groups is 2. The van der Waals surface area contributed by atoms with Gasteiger partial charge in [0, 0.05) is 23.8 Å². The molecule has 0 bridgehead atoms. The van der Waals surface area contributed by atoms with E-state index in [1.165, 1.54) is 11.1 Å². The maximum Gasteiger partial charge on any atom is 0.255 e. The summed E-state index contributed by atoms with van der Waals surface area (Å²) >= 11 is 6.15. The van der Waals surface area contributed by atoms with Crippen molar-refractivity contribution in [2.24, 2.45) is 0 Å². The minimum atomic E-state index is -0.142. The zero-order valence-electron chi connectivity index (χ0n) is 17.9. The Morgan fingerprint density at radius 2 is 1.77 bits per heavy atom. The molecule has 2 aromatic rings. The molecule has 0 radical (unpaired) electrons. The highest BCUT2D eigenvalue weighted by atomic mass is 35.5. The summed E-state index contributed by atoms with van der Waals surface area (Å²) in [5.74, 6) is -0.158. The molecule has 160 valence electrons. The van der Waals surface area contributed by atoms with Gasteiger partial charge in [0.2, 0.25) is 5.91 Å². The number of likely N-dealkylation sites (tertiary alicyclic amines) is 1. The molecule has 5 nitrogen and oxygen atoms in total. The van der Waals surface area contributed by atoms with Crippen LogP contribution >= 0.6 is 11.6 Å². The van der Waals surface area contributed by atoms with Crippen molar-refractivity contribution in [2.75, 3.05) is 25.0 Å². The van der Waals surface area contributed by atoms with Gasteiger partial charge in [-0.15, -0.1) is 0 Å². The van der Waals surface area contributed by atoms with Gasteiger partial charge in [0.25, 0.3) is 5.91 Å². The zero-order valence-corrected chi connectivity index (χ0v) is 18.7. The van der Waals surface area contributed by atoms with Crippen molar-refractivity contribution in [3.63, 3.8) is 0 Å². The number of aryl methyl sites for hydroxylation is 2. The highest BCUT2D eigenvalue weighted by Gasteiger charge is 2.21. The molecule has 1 saturated heterocycles. The number of halogens is 1. The largest absolute Gasteiger partial charge is 0.375 e. The molecule has 6 heteroatoms. The Morgan fingerprint density at radius 3 is 2.47 bits per heavy atom. The number of hydrogen-bond donors (Lipinski definition) is 2. The van der Waals surface area contributed by atoms with Crippen LogP contribution in [0.3, 0.4) is 0 Å². The highest BCUT2D eigenvalue weighted by molar-refractivity contribution is 6.31. The van der Waals surface area contributed by atoms with E-state index in [4.69, 9.17) is 11.6 Å². The summed E-state index contributed by atoms with van der Waals surface area (Å²) in [4.78, 5) is 27.3. The monoisotopic (exact) mass is 427 g/mol. The molecule has 0 aliphatic carbocycles. The van der Waals surface area contributed by atoms with Gasteiger partial charge >= 0.3 is 0 Å². The van der Waals surface area contributed by atoms with Crippen molar-refractivity contribution < 1.29 is 9.59 Å². The molecule has 1 unspecified atom stereocenters. The summed E-state index contributed by atoms with van der Waals surface area (Å²) in [7, 11) is 0. The van der Waals surface area contributed by atoms with Gasteiger partial charge in [-0.2, -0.15) is 0 Å². The van der Waals surface area contributed by atoms with Gasteiger partial charge in [0.05, 0.1) is 18.2 Å². The average Bonchev–Trinajstić information content (AvgIpc) is 2.74. The molecule has 0 spiro atoms. The quantitative estimate of drug-likeness (QED) is 0.691. The Balaban J connectivity index is 1.64. The van der Waals surface area contributed by atoms with Crippen molar-refractivity contribution in [3.8, 4) is 0 Å². The Morgan fingerprint density at radius 1 is 1.03 bits per heavy atom. The van der Waals surface area contributed by atoms with Crippen LogP contribution in [0.2, 0.25) is 5.02 Å². The second-order valence-electron chi connectivity index (χ2n) is 8.03. The number of carbonyl (C=O) groups excluding carboxylic acids is 2. The van der Waals surface area contributed by atoms with Crippen LogP contribution < -0.4 is 10.6 Å². The van der Waals surface area contributed by atoms with E-state index in [-0.39, 0.29) is 24.4 Å². The lowest BCUT2D eigenvalue weighted by molar-refractivity contribution is -0.120. The summed E-state index contributed by atoms with van der Waals surface area (Å²) in [6.45, 7) is 7.71. The standard InChI is InChI=1S/C24H30ClN3O2/c1-16-7-8-19(13-17(16)2)18(3)27-23(29)15-26-22-14-20(25)9-10-21(22)24(30)28-11-5-4-6-12-28/h7-10,13-14,18,26H,4-6,11-12,15H2,1-3H3,(H,27,29). The lowest BCUT2D eigenvalue weighted by Crippen LogP contribution is -2.36. The normalized spacial score (nSPS) is 14.9. The summed E-state index contributed by atoms with van der Waals surface area (Å²) < 4.78 is 0. The molecule has 1 heterocycles. The lowest BCUT2D eigenvalue weighted by Gasteiger charge is -2.27. The SMILES string of the molecule is Cc1ccc(C(C)NC(=O)CNc2cc(Cl)ccc2C(=O)N2CCCCC2)cc1C. The van der Waals surface area contributed by atoms with Gasteiger partial charge in [0.15, 0.2) is 0 Å². The molecule has 2 amide bonds. The molecule has 1 atom stereocenters. The number of rotatable bonds is 6. The molecule has 1 aliphatic heterocycles. The number of benzene rings is 2. The predicted molar refractivity (Wildman–Crippen MR) is 122 cm³/mol. The Labute approximate surface area is 183 Å². The van der Waals surface area contributed by atoms with E-state index in [0.29, 0.717) is 16.3 Å². The van der Waals surface area contributed by atoms with Crippen molar-refractivity contribution in [1.82, 2.24) is 10.2 Å². The minimum absolute atomic E-state index is 0.0160. The molecule has 2 aromatic carbocycles. The third kappa shape index (κ3) is 5.54. The number of amides is 2. The fraction of sp³-hybridized carbons (Fsp3) is 0.417. The van der Waals surface area contributed by atoms with E-state index in [0.717, 1.165) is 37.9 Å². The predicted octanol–water partition coefficient (Wildman–Crippen LogP) is 4.87. The fourth-order valence-corrected chi connectivity index (χ4v) is 3.87. The summed E-state index contributed by atoms with van der Waals surface area (Å²) in [6, 6.07) is 11.2. The summed E-state index contributed by atoms with van der Waals surface area (Å²) in [5.41, 5.74) is 4.64. The first-order valence-corrected chi connectivity index (χ1v) is 10.9. The van der Waals surface area contributed by atoms with Crippen molar-refractivity contribution >= 4 is 29.1 Å². The summed E-state index contributed by atoms with van der Waals surface area (Å²) in [5, 5.41) is 6.64. The maximum absolute atomic E-state index is 12.9. The zero-order chi connectivity index (χ0) is 21.7. The minimum Gasteiger partial charge on any atom is -0.375 e. The van der Waals surface area contributed by atoms with Crippen LogP contribution in [0.4, 0.5) is 5.69 Å². The van der Waals surface area contributed by atoms with Gasteiger partial charge in [-0.25, -0.2) is 0 Å². The lowest BCUT2D eigenvalue weighted by atomic mass is 10.0. The van der Waals surface area contributed by atoms with E-state index in [1.54, 1.807) is 18.2 Å². The van der Waals surface area contributed by atoms with Crippen LogP contribution in [0, 0.1) is 13.8 Å². The van der Waals surface area contributed by atoms with Gasteiger partial charge in [-0.1, -0.05) is 29.8 Å². The number of nitrogens with one attached hydrogen (secondary N) is 2. The molecular weight excluding hydrogens is 398 g/mol. The molecule has 30 heavy (non-hydrogen) atoms. The number of piperidine rings is 1. The Bertz CT molecular complexity index is 923. The number of nitrogens with zero attached hydrogens (tertiary/aromatic N) is 1. The van der Waals surface area contributed by atoms with Crippen LogP contribution in [0.5, 0.6) is 0 Å².